The topological polar surface area (TPSA) is 58.0 Å². The van der Waals surface area contributed by atoms with E-state index in [2.05, 4.69) is 27.6 Å². The minimum Gasteiger partial charge on any atom is -0.507 e. The van der Waals surface area contributed by atoms with E-state index in [0.717, 1.165) is 11.3 Å². The molecule has 3 aromatic rings. The lowest BCUT2D eigenvalue weighted by atomic mass is 10.2. The van der Waals surface area contributed by atoms with Crippen LogP contribution in [-0.2, 0) is 0 Å². The molecule has 1 heterocycles. The summed E-state index contributed by atoms with van der Waals surface area (Å²) in [7, 11) is 0. The van der Waals surface area contributed by atoms with Crippen molar-refractivity contribution in [3.63, 3.8) is 0 Å². The summed E-state index contributed by atoms with van der Waals surface area (Å²) < 4.78 is 2.04. The molecule has 0 radical (unpaired) electrons. The first kappa shape index (κ1) is 14.4. The predicted octanol–water partition coefficient (Wildman–Crippen LogP) is 1.87. The smallest absolute Gasteiger partial charge is 0.279 e. The first-order valence-electron chi connectivity index (χ1n) is 6.62. The monoisotopic (exact) mass is 356 g/mol. The number of benzene rings is 2. The number of hydrogen-bond acceptors (Lipinski definition) is 2. The van der Waals surface area contributed by atoms with Crippen LogP contribution in [0.25, 0.3) is 18.3 Å². The third-order valence-electron chi connectivity index (χ3n) is 3.30. The Labute approximate surface area is 134 Å². The number of rotatable bonds is 2. The normalized spacial score (nSPS) is 11.8. The predicted molar refractivity (Wildman–Crippen MR) is 90.5 cm³/mol. The molecule has 0 aliphatic heterocycles. The second-order valence-electron chi connectivity index (χ2n) is 4.84. The van der Waals surface area contributed by atoms with E-state index in [0.29, 0.717) is 15.0 Å². The highest BCUT2D eigenvalue weighted by Crippen LogP contribution is 2.24. The maximum Gasteiger partial charge on any atom is 0.279 e. The third kappa shape index (κ3) is 2.63. The molecule has 4 nitrogen and oxygen atoms in total. The van der Waals surface area contributed by atoms with Gasteiger partial charge in [-0.05, 0) is 51.8 Å². The summed E-state index contributed by atoms with van der Waals surface area (Å²) in [5, 5.41) is 13.5. The van der Waals surface area contributed by atoms with Crippen LogP contribution in [0.3, 0.4) is 0 Å². The van der Waals surface area contributed by atoms with Gasteiger partial charge in [0.15, 0.2) is 0 Å². The minimum atomic E-state index is -0.166. The van der Waals surface area contributed by atoms with Gasteiger partial charge in [0, 0.05) is 0 Å². The van der Waals surface area contributed by atoms with Crippen molar-refractivity contribution in [2.45, 2.75) is 0 Å². The minimum absolute atomic E-state index is 0.155. The van der Waals surface area contributed by atoms with Crippen LogP contribution in [0.4, 0.5) is 0 Å². The Kier molecular flexibility index (Phi) is 3.73. The molecule has 0 atom stereocenters. The highest BCUT2D eigenvalue weighted by atomic mass is 79.9. The summed E-state index contributed by atoms with van der Waals surface area (Å²) in [6.07, 6.45) is 1.74. The summed E-state index contributed by atoms with van der Waals surface area (Å²) in [5.74, 6) is 0.155. The fourth-order valence-corrected chi connectivity index (χ4v) is 2.58. The molecule has 0 amide bonds. The standard InChI is InChI=1S/C17H13BrN2O2/c1-11-14(9-12-7-8-16(21)15(18)10-12)17(22)20(19-11)13-5-3-2-4-6-13/h2-10,19,21H,1H2/b14-9-. The van der Waals surface area contributed by atoms with Gasteiger partial charge >= 0.3 is 0 Å². The number of nitrogens with zero attached hydrogens (tertiary/aromatic N) is 1. The molecule has 5 heteroatoms. The Hall–Kier alpha value is -2.53. The summed E-state index contributed by atoms with van der Waals surface area (Å²) in [6, 6.07) is 14.4. The number of nitrogens with one attached hydrogen (secondary N) is 1. The van der Waals surface area contributed by atoms with Crippen LogP contribution in [-0.4, -0.2) is 14.9 Å². The van der Waals surface area contributed by atoms with Gasteiger partial charge < -0.3 is 5.11 Å². The second-order valence-corrected chi connectivity index (χ2v) is 5.69. The van der Waals surface area contributed by atoms with Gasteiger partial charge in [-0.3, -0.25) is 9.89 Å². The molecule has 0 unspecified atom stereocenters. The molecule has 0 spiro atoms. The molecule has 0 fully saturated rings. The molecule has 22 heavy (non-hydrogen) atoms. The zero-order chi connectivity index (χ0) is 15.7. The van der Waals surface area contributed by atoms with Crippen LogP contribution in [0, 0.1) is 0 Å². The number of hydrogen-bond donors (Lipinski definition) is 2. The Morgan fingerprint density at radius 3 is 2.59 bits per heavy atom. The van der Waals surface area contributed by atoms with Crippen LogP contribution >= 0.6 is 15.9 Å². The first-order chi connectivity index (χ1) is 10.6. The van der Waals surface area contributed by atoms with Crippen LogP contribution < -0.4 is 16.1 Å². The maximum absolute atomic E-state index is 12.5. The van der Waals surface area contributed by atoms with Crippen molar-refractivity contribution in [2.24, 2.45) is 0 Å². The highest BCUT2D eigenvalue weighted by Gasteiger charge is 2.04. The number of aromatic hydroxyl groups is 1. The van der Waals surface area contributed by atoms with Gasteiger partial charge in [0.05, 0.1) is 20.7 Å². The molecule has 2 N–H and O–H groups in total. The molecule has 0 aliphatic rings. The number of aromatic amines is 1. The molecule has 3 rings (SSSR count). The quantitative estimate of drug-likeness (QED) is 0.736. The Morgan fingerprint density at radius 1 is 1.18 bits per heavy atom. The lowest BCUT2D eigenvalue weighted by Crippen LogP contribution is -2.33. The van der Waals surface area contributed by atoms with E-state index in [1.165, 1.54) is 4.68 Å². The van der Waals surface area contributed by atoms with Gasteiger partial charge in [0.2, 0.25) is 0 Å². The number of aromatic nitrogens is 2. The molecule has 0 aliphatic carbocycles. The van der Waals surface area contributed by atoms with Gasteiger partial charge in [-0.2, -0.15) is 0 Å². The van der Waals surface area contributed by atoms with Gasteiger partial charge in [-0.1, -0.05) is 30.8 Å². The molecular formula is C17H13BrN2O2. The van der Waals surface area contributed by atoms with Crippen molar-refractivity contribution in [3.8, 4) is 11.4 Å². The van der Waals surface area contributed by atoms with E-state index in [-0.39, 0.29) is 11.3 Å². The summed E-state index contributed by atoms with van der Waals surface area (Å²) in [4.78, 5) is 12.5. The highest BCUT2D eigenvalue weighted by molar-refractivity contribution is 9.10. The molecule has 0 saturated heterocycles. The van der Waals surface area contributed by atoms with Crippen LogP contribution in [0.2, 0.25) is 0 Å². The Bertz CT molecular complexity index is 988. The molecular weight excluding hydrogens is 344 g/mol. The molecule has 0 saturated carbocycles. The van der Waals surface area contributed by atoms with Gasteiger partial charge in [-0.25, -0.2) is 4.68 Å². The van der Waals surface area contributed by atoms with E-state index in [4.69, 9.17) is 0 Å². The van der Waals surface area contributed by atoms with E-state index in [1.54, 1.807) is 24.3 Å². The van der Waals surface area contributed by atoms with Crippen molar-refractivity contribution in [1.82, 2.24) is 9.78 Å². The van der Waals surface area contributed by atoms with E-state index in [1.807, 2.05) is 30.3 Å². The van der Waals surface area contributed by atoms with Gasteiger partial charge in [0.1, 0.15) is 5.75 Å². The zero-order valence-corrected chi connectivity index (χ0v) is 13.2. The summed E-state index contributed by atoms with van der Waals surface area (Å²) in [5.41, 5.74) is 1.38. The van der Waals surface area contributed by atoms with Crippen molar-refractivity contribution in [3.05, 3.63) is 79.5 Å². The van der Waals surface area contributed by atoms with E-state index in [9.17, 15) is 9.90 Å². The fourth-order valence-electron chi connectivity index (χ4n) is 2.18. The third-order valence-corrected chi connectivity index (χ3v) is 3.94. The van der Waals surface area contributed by atoms with Crippen LogP contribution in [0.1, 0.15) is 5.56 Å². The lowest BCUT2D eigenvalue weighted by Gasteiger charge is -1.99. The van der Waals surface area contributed by atoms with Crippen molar-refractivity contribution < 1.29 is 5.11 Å². The zero-order valence-electron chi connectivity index (χ0n) is 11.6. The summed E-state index contributed by atoms with van der Waals surface area (Å²) in [6.45, 7) is 3.89. The molecule has 2 aromatic carbocycles. The Balaban J connectivity index is 2.19. The number of halogens is 1. The first-order valence-corrected chi connectivity index (χ1v) is 7.41. The van der Waals surface area contributed by atoms with E-state index < -0.39 is 0 Å². The molecule has 0 bridgehead atoms. The summed E-state index contributed by atoms with van der Waals surface area (Å²) >= 11 is 3.26. The van der Waals surface area contributed by atoms with Crippen molar-refractivity contribution in [2.75, 3.05) is 0 Å². The maximum atomic E-state index is 12.5. The second kappa shape index (κ2) is 5.69. The number of H-pyrrole nitrogens is 1. The van der Waals surface area contributed by atoms with Crippen LogP contribution in [0.5, 0.6) is 5.75 Å². The molecule has 1 aromatic heterocycles. The average molecular weight is 357 g/mol. The van der Waals surface area contributed by atoms with Crippen LogP contribution in [0.15, 0.2) is 57.8 Å². The fraction of sp³-hybridized carbons (Fsp3) is 0. The van der Waals surface area contributed by atoms with Crippen molar-refractivity contribution >= 4 is 28.6 Å². The number of para-hydroxylation sites is 1. The number of phenols is 1. The van der Waals surface area contributed by atoms with Gasteiger partial charge in [-0.15, -0.1) is 0 Å². The van der Waals surface area contributed by atoms with Gasteiger partial charge in [0.25, 0.3) is 5.56 Å². The number of phenolic OH excluding ortho intramolecular Hbond substituents is 1. The van der Waals surface area contributed by atoms with Crippen molar-refractivity contribution in [1.29, 1.82) is 0 Å². The van der Waals surface area contributed by atoms with E-state index >= 15 is 0 Å². The molecule has 110 valence electrons. The average Bonchev–Trinajstić information content (AvgIpc) is 2.80. The largest absolute Gasteiger partial charge is 0.507 e. The Morgan fingerprint density at radius 2 is 1.91 bits per heavy atom. The SMILES string of the molecule is C=c1[nH]n(-c2ccccc2)c(=O)/c1=C\c1ccc(O)c(Br)c1. The lowest BCUT2D eigenvalue weighted by molar-refractivity contribution is 0.472.